The highest BCUT2D eigenvalue weighted by molar-refractivity contribution is 7.80. The van der Waals surface area contributed by atoms with Gasteiger partial charge in [-0.15, -0.1) is 0 Å². The first-order valence-corrected chi connectivity index (χ1v) is 12.7. The van der Waals surface area contributed by atoms with Gasteiger partial charge in [0.25, 0.3) is 0 Å². The predicted molar refractivity (Wildman–Crippen MR) is 144 cm³/mol. The number of aromatic amines is 1. The number of fused-ring (bicyclic) bond motifs is 1. The first kappa shape index (κ1) is 31.1. The van der Waals surface area contributed by atoms with E-state index in [0.29, 0.717) is 5.56 Å². The predicted octanol–water partition coefficient (Wildman–Crippen LogP) is -1.96. The van der Waals surface area contributed by atoms with Crippen LogP contribution in [0.25, 0.3) is 10.9 Å². The van der Waals surface area contributed by atoms with Crippen molar-refractivity contribution in [1.82, 2.24) is 20.9 Å². The highest BCUT2D eigenvalue weighted by Gasteiger charge is 2.30. The summed E-state index contributed by atoms with van der Waals surface area (Å²) in [5, 5.41) is 17.7. The second kappa shape index (κ2) is 14.7. The average Bonchev–Trinajstić information content (AvgIpc) is 3.29. The molecule has 2 aromatic rings. The van der Waals surface area contributed by atoms with Gasteiger partial charge < -0.3 is 43.2 Å². The number of para-hydroxylation sites is 1. The quantitative estimate of drug-likeness (QED) is 0.103. The lowest BCUT2D eigenvalue weighted by Gasteiger charge is -2.24. The van der Waals surface area contributed by atoms with Gasteiger partial charge in [-0.25, -0.2) is 4.79 Å². The molecule has 0 saturated heterocycles. The minimum absolute atomic E-state index is 0.0429. The van der Waals surface area contributed by atoms with Crippen molar-refractivity contribution in [3.63, 3.8) is 0 Å². The Kier molecular flexibility index (Phi) is 11.7. The van der Waals surface area contributed by atoms with Crippen molar-refractivity contribution in [2.24, 2.45) is 17.2 Å². The van der Waals surface area contributed by atoms with Gasteiger partial charge in [0.1, 0.15) is 18.1 Å². The van der Waals surface area contributed by atoms with Crippen LogP contribution in [0.1, 0.15) is 31.2 Å². The summed E-state index contributed by atoms with van der Waals surface area (Å²) in [6.45, 7) is 0. The van der Waals surface area contributed by atoms with E-state index in [4.69, 9.17) is 17.2 Å². The zero-order chi connectivity index (χ0) is 29.1. The molecule has 1 heterocycles. The molecule has 0 saturated carbocycles. The molecule has 0 bridgehead atoms. The zero-order valence-electron chi connectivity index (χ0n) is 21.0. The number of rotatable bonds is 16. The number of thiol groups is 1. The second-order valence-electron chi connectivity index (χ2n) is 8.88. The lowest BCUT2D eigenvalue weighted by atomic mass is 10.0. The molecular weight excluding hydrogens is 530 g/mol. The Balaban J connectivity index is 2.12. The Hall–Kier alpha value is -4.11. The van der Waals surface area contributed by atoms with E-state index in [9.17, 15) is 33.9 Å². The standard InChI is InChI=1S/C24H33N7O7S/c25-14(5-7-19(26)32)21(34)31-18(11-39)23(36)29-16(6-8-20(27)33)22(35)30-17(24(37)38)9-12-10-28-15-4-2-1-3-13(12)15/h1-4,10,14,16-18,28,39H,5-9,11,25H2,(H2,26,32)(H2,27,33)(H,29,36)(H,30,35)(H,31,34)(H,37,38). The number of carbonyl (C=O) groups excluding carboxylic acids is 5. The first-order valence-electron chi connectivity index (χ1n) is 12.0. The summed E-state index contributed by atoms with van der Waals surface area (Å²) in [5.74, 6) is -5.30. The summed E-state index contributed by atoms with van der Waals surface area (Å²) >= 11 is 4.06. The van der Waals surface area contributed by atoms with Crippen LogP contribution >= 0.6 is 12.6 Å². The molecule has 14 nitrogen and oxygen atoms in total. The number of carbonyl (C=O) groups is 6. The van der Waals surface area contributed by atoms with Crippen LogP contribution in [0.4, 0.5) is 0 Å². The van der Waals surface area contributed by atoms with E-state index in [-0.39, 0.29) is 37.9 Å². The second-order valence-corrected chi connectivity index (χ2v) is 9.25. The number of carboxylic acid groups (broad SMARTS) is 1. The highest BCUT2D eigenvalue weighted by atomic mass is 32.1. The molecule has 212 valence electrons. The van der Waals surface area contributed by atoms with Crippen LogP contribution in [0.3, 0.4) is 0 Å². The number of nitrogens with one attached hydrogen (secondary N) is 4. The molecule has 39 heavy (non-hydrogen) atoms. The van der Waals surface area contributed by atoms with E-state index >= 15 is 0 Å². The molecule has 2 rings (SSSR count). The van der Waals surface area contributed by atoms with Gasteiger partial charge >= 0.3 is 5.97 Å². The number of nitrogens with two attached hydrogens (primary N) is 3. The molecule has 5 amide bonds. The number of amides is 5. The molecule has 4 unspecified atom stereocenters. The molecule has 1 aromatic carbocycles. The summed E-state index contributed by atoms with van der Waals surface area (Å²) in [6.07, 6.45) is 0.906. The van der Waals surface area contributed by atoms with Crippen LogP contribution in [0.5, 0.6) is 0 Å². The maximum Gasteiger partial charge on any atom is 0.326 e. The van der Waals surface area contributed by atoms with Crippen LogP contribution in [-0.4, -0.2) is 75.5 Å². The SMILES string of the molecule is NC(=O)CCC(N)C(=O)NC(CS)C(=O)NC(CCC(N)=O)C(=O)NC(Cc1c[nH]c2ccccc12)C(=O)O. The van der Waals surface area contributed by atoms with Gasteiger partial charge in [-0.05, 0) is 24.5 Å². The maximum absolute atomic E-state index is 13.1. The molecule has 0 aliphatic carbocycles. The van der Waals surface area contributed by atoms with Gasteiger partial charge in [0, 0.05) is 42.1 Å². The number of carboxylic acids is 1. The molecule has 15 heteroatoms. The zero-order valence-corrected chi connectivity index (χ0v) is 21.9. The van der Waals surface area contributed by atoms with Crippen molar-refractivity contribution < 1.29 is 33.9 Å². The third-order valence-electron chi connectivity index (χ3n) is 5.88. The third kappa shape index (κ3) is 9.61. The summed E-state index contributed by atoms with van der Waals surface area (Å²) < 4.78 is 0. The number of hydrogen-bond donors (Lipinski definition) is 9. The maximum atomic E-state index is 13.1. The highest BCUT2D eigenvalue weighted by Crippen LogP contribution is 2.19. The number of primary amides is 2. The fraction of sp³-hybridized carbons (Fsp3) is 0.417. The van der Waals surface area contributed by atoms with E-state index in [1.54, 1.807) is 12.3 Å². The van der Waals surface area contributed by atoms with Crippen LogP contribution < -0.4 is 33.2 Å². The fourth-order valence-corrected chi connectivity index (χ4v) is 3.98. The van der Waals surface area contributed by atoms with Crippen molar-refractivity contribution in [2.75, 3.05) is 5.75 Å². The van der Waals surface area contributed by atoms with Crippen molar-refractivity contribution in [3.05, 3.63) is 36.0 Å². The van der Waals surface area contributed by atoms with Gasteiger partial charge in [0.2, 0.25) is 29.5 Å². The van der Waals surface area contributed by atoms with Crippen LogP contribution in [0.2, 0.25) is 0 Å². The van der Waals surface area contributed by atoms with Gasteiger partial charge in [-0.1, -0.05) is 18.2 Å². The summed E-state index contributed by atoms with van der Waals surface area (Å²) in [4.78, 5) is 75.5. The van der Waals surface area contributed by atoms with E-state index in [0.717, 1.165) is 10.9 Å². The Bertz CT molecular complexity index is 1220. The van der Waals surface area contributed by atoms with Crippen molar-refractivity contribution in [3.8, 4) is 0 Å². The largest absolute Gasteiger partial charge is 0.480 e. The van der Waals surface area contributed by atoms with Crippen LogP contribution in [-0.2, 0) is 35.2 Å². The molecular formula is C24H33N7O7S. The number of H-pyrrole nitrogens is 1. The van der Waals surface area contributed by atoms with Crippen LogP contribution in [0, 0.1) is 0 Å². The molecule has 0 aliphatic rings. The van der Waals surface area contributed by atoms with Crippen molar-refractivity contribution in [1.29, 1.82) is 0 Å². The minimum atomic E-state index is -1.35. The Morgan fingerprint density at radius 3 is 2.03 bits per heavy atom. The number of aromatic nitrogens is 1. The Labute approximate surface area is 229 Å². The Morgan fingerprint density at radius 1 is 0.846 bits per heavy atom. The van der Waals surface area contributed by atoms with Crippen molar-refractivity contribution in [2.45, 2.75) is 56.3 Å². The molecule has 11 N–H and O–H groups in total. The summed E-state index contributed by atoms with van der Waals surface area (Å²) in [5.41, 5.74) is 17.4. The first-order chi connectivity index (χ1) is 18.4. The van der Waals surface area contributed by atoms with E-state index in [1.807, 2.05) is 18.2 Å². The van der Waals surface area contributed by atoms with E-state index < -0.39 is 59.7 Å². The van der Waals surface area contributed by atoms with Gasteiger partial charge in [0.15, 0.2) is 0 Å². The molecule has 0 fully saturated rings. The monoisotopic (exact) mass is 563 g/mol. The molecule has 0 spiro atoms. The number of benzene rings is 1. The lowest BCUT2D eigenvalue weighted by Crippen LogP contribution is -2.58. The topological polar surface area (TPSA) is 253 Å². The molecule has 0 radical (unpaired) electrons. The van der Waals surface area contributed by atoms with E-state index in [1.165, 1.54) is 0 Å². The van der Waals surface area contributed by atoms with Gasteiger partial charge in [-0.2, -0.15) is 12.6 Å². The molecule has 4 atom stereocenters. The van der Waals surface area contributed by atoms with Crippen molar-refractivity contribution >= 4 is 59.0 Å². The van der Waals surface area contributed by atoms with Gasteiger partial charge in [0.05, 0.1) is 6.04 Å². The summed E-state index contributed by atoms with van der Waals surface area (Å²) in [6, 6.07) is 2.19. The smallest absolute Gasteiger partial charge is 0.326 e. The molecule has 1 aromatic heterocycles. The van der Waals surface area contributed by atoms with E-state index in [2.05, 4.69) is 33.6 Å². The molecule has 0 aliphatic heterocycles. The third-order valence-corrected chi connectivity index (χ3v) is 6.25. The lowest BCUT2D eigenvalue weighted by molar-refractivity contribution is -0.142. The van der Waals surface area contributed by atoms with Gasteiger partial charge in [-0.3, -0.25) is 24.0 Å². The fourth-order valence-electron chi connectivity index (χ4n) is 3.72. The average molecular weight is 564 g/mol. The van der Waals surface area contributed by atoms with Crippen LogP contribution in [0.15, 0.2) is 30.5 Å². The Morgan fingerprint density at radius 2 is 1.41 bits per heavy atom. The summed E-state index contributed by atoms with van der Waals surface area (Å²) in [7, 11) is 0. The number of aliphatic carboxylic acids is 1. The normalized spacial score (nSPS) is 14.0. The number of hydrogen-bond acceptors (Lipinski definition) is 8. The minimum Gasteiger partial charge on any atom is -0.480 e.